The SMILES string of the molecule is NCc1cnc2c3ccc(F)cc3ccn12. The van der Waals surface area contributed by atoms with Gasteiger partial charge in [-0.05, 0) is 29.7 Å². The van der Waals surface area contributed by atoms with Gasteiger partial charge in [0.1, 0.15) is 11.5 Å². The molecule has 3 rings (SSSR count). The number of imidazole rings is 1. The van der Waals surface area contributed by atoms with Crippen molar-refractivity contribution in [3.63, 3.8) is 0 Å². The third-order valence-corrected chi connectivity index (χ3v) is 2.74. The highest BCUT2D eigenvalue weighted by Gasteiger charge is 2.05. The minimum absolute atomic E-state index is 0.234. The second kappa shape index (κ2) is 3.28. The molecule has 1 aromatic carbocycles. The Bertz CT molecular complexity index is 672. The number of nitrogens with zero attached hydrogens (tertiary/aromatic N) is 2. The Balaban J connectivity index is 2.46. The summed E-state index contributed by atoms with van der Waals surface area (Å²) in [6.45, 7) is 0.438. The Morgan fingerprint density at radius 3 is 3.00 bits per heavy atom. The van der Waals surface area contributed by atoms with Gasteiger partial charge in [-0.3, -0.25) is 0 Å². The van der Waals surface area contributed by atoms with Crippen molar-refractivity contribution in [1.29, 1.82) is 0 Å². The smallest absolute Gasteiger partial charge is 0.144 e. The van der Waals surface area contributed by atoms with Crippen LogP contribution in [0.3, 0.4) is 0 Å². The van der Waals surface area contributed by atoms with Gasteiger partial charge >= 0.3 is 0 Å². The Hall–Kier alpha value is -1.94. The Morgan fingerprint density at radius 1 is 1.31 bits per heavy atom. The van der Waals surface area contributed by atoms with Crippen molar-refractivity contribution < 1.29 is 4.39 Å². The van der Waals surface area contributed by atoms with Crippen LogP contribution < -0.4 is 5.73 Å². The number of rotatable bonds is 1. The molecule has 0 aliphatic carbocycles. The normalized spacial score (nSPS) is 11.4. The highest BCUT2D eigenvalue weighted by molar-refractivity contribution is 5.93. The van der Waals surface area contributed by atoms with E-state index in [9.17, 15) is 4.39 Å². The van der Waals surface area contributed by atoms with Gasteiger partial charge in [0.2, 0.25) is 0 Å². The van der Waals surface area contributed by atoms with E-state index in [1.54, 1.807) is 12.3 Å². The first kappa shape index (κ1) is 9.30. The quantitative estimate of drug-likeness (QED) is 0.675. The fourth-order valence-electron chi connectivity index (χ4n) is 1.94. The predicted octanol–water partition coefficient (Wildman–Crippen LogP) is 2.09. The summed E-state index contributed by atoms with van der Waals surface area (Å²) < 4.78 is 15.0. The van der Waals surface area contributed by atoms with Gasteiger partial charge in [-0.15, -0.1) is 0 Å². The van der Waals surface area contributed by atoms with Crippen molar-refractivity contribution in [1.82, 2.24) is 9.38 Å². The standard InChI is InChI=1S/C12H10FN3/c13-9-1-2-11-8(5-9)3-4-16-10(6-14)7-15-12(11)16/h1-5,7H,6,14H2. The molecule has 0 radical (unpaired) electrons. The van der Waals surface area contributed by atoms with Gasteiger partial charge in [0.25, 0.3) is 0 Å². The molecule has 0 bridgehead atoms. The summed E-state index contributed by atoms with van der Waals surface area (Å²) in [6.07, 6.45) is 3.62. The fraction of sp³-hybridized carbons (Fsp3) is 0.0833. The van der Waals surface area contributed by atoms with Crippen LogP contribution in [0, 0.1) is 5.82 Å². The molecule has 3 nitrogen and oxygen atoms in total. The van der Waals surface area contributed by atoms with Crippen LogP contribution in [0.15, 0.2) is 36.7 Å². The molecule has 4 heteroatoms. The number of hydrogen-bond acceptors (Lipinski definition) is 2. The number of benzene rings is 1. The number of pyridine rings is 1. The van der Waals surface area contributed by atoms with Gasteiger partial charge in [0.15, 0.2) is 0 Å². The first-order valence-electron chi connectivity index (χ1n) is 5.04. The molecule has 0 aliphatic rings. The highest BCUT2D eigenvalue weighted by Crippen LogP contribution is 2.20. The van der Waals surface area contributed by atoms with E-state index in [2.05, 4.69) is 4.98 Å². The van der Waals surface area contributed by atoms with E-state index in [0.29, 0.717) is 6.54 Å². The lowest BCUT2D eigenvalue weighted by Gasteiger charge is -2.02. The third kappa shape index (κ3) is 1.20. The molecule has 0 unspecified atom stereocenters. The molecule has 3 aromatic rings. The van der Waals surface area contributed by atoms with E-state index in [-0.39, 0.29) is 5.82 Å². The van der Waals surface area contributed by atoms with Crippen molar-refractivity contribution in [3.8, 4) is 0 Å². The van der Waals surface area contributed by atoms with E-state index >= 15 is 0 Å². The van der Waals surface area contributed by atoms with Crippen LogP contribution in [-0.4, -0.2) is 9.38 Å². The average Bonchev–Trinajstić information content (AvgIpc) is 2.71. The average molecular weight is 215 g/mol. The van der Waals surface area contributed by atoms with Gasteiger partial charge in [-0.1, -0.05) is 0 Å². The number of nitrogens with two attached hydrogens (primary N) is 1. The molecule has 0 atom stereocenters. The molecule has 2 aromatic heterocycles. The summed E-state index contributed by atoms with van der Waals surface area (Å²) in [5.74, 6) is -0.234. The van der Waals surface area contributed by atoms with E-state index in [4.69, 9.17) is 5.73 Å². The molecular weight excluding hydrogens is 205 g/mol. The molecule has 0 fully saturated rings. The van der Waals surface area contributed by atoms with Crippen LogP contribution in [0.25, 0.3) is 16.4 Å². The first-order valence-corrected chi connectivity index (χ1v) is 5.04. The van der Waals surface area contributed by atoms with Gasteiger partial charge in [-0.2, -0.15) is 0 Å². The molecular formula is C12H10FN3. The maximum absolute atomic E-state index is 13.1. The lowest BCUT2D eigenvalue weighted by Crippen LogP contribution is -2.00. The van der Waals surface area contributed by atoms with Gasteiger partial charge < -0.3 is 10.1 Å². The summed E-state index contributed by atoms with van der Waals surface area (Å²) >= 11 is 0. The van der Waals surface area contributed by atoms with E-state index < -0.39 is 0 Å². The van der Waals surface area contributed by atoms with Gasteiger partial charge in [0.05, 0.1) is 11.9 Å². The zero-order chi connectivity index (χ0) is 11.1. The van der Waals surface area contributed by atoms with Crippen molar-refractivity contribution in [3.05, 3.63) is 48.2 Å². The highest BCUT2D eigenvalue weighted by atomic mass is 19.1. The number of hydrogen-bond donors (Lipinski definition) is 1. The van der Waals surface area contributed by atoms with Crippen LogP contribution in [-0.2, 0) is 6.54 Å². The second-order valence-electron chi connectivity index (χ2n) is 3.69. The Labute approximate surface area is 91.3 Å². The molecule has 0 amide bonds. The number of fused-ring (bicyclic) bond motifs is 3. The second-order valence-corrected chi connectivity index (χ2v) is 3.69. The number of halogens is 1. The van der Waals surface area contributed by atoms with Crippen molar-refractivity contribution >= 4 is 16.4 Å². The number of aromatic nitrogens is 2. The summed E-state index contributed by atoms with van der Waals surface area (Å²) in [4.78, 5) is 4.31. The van der Waals surface area contributed by atoms with Crippen LogP contribution in [0.5, 0.6) is 0 Å². The molecule has 0 saturated carbocycles. The topological polar surface area (TPSA) is 43.3 Å². The lowest BCUT2D eigenvalue weighted by atomic mass is 10.1. The maximum atomic E-state index is 13.1. The zero-order valence-corrected chi connectivity index (χ0v) is 8.52. The van der Waals surface area contributed by atoms with Crippen LogP contribution >= 0.6 is 0 Å². The molecule has 0 aliphatic heterocycles. The summed E-state index contributed by atoms with van der Waals surface area (Å²) in [7, 11) is 0. The summed E-state index contributed by atoms with van der Waals surface area (Å²) in [5.41, 5.74) is 7.37. The zero-order valence-electron chi connectivity index (χ0n) is 8.52. The molecule has 0 saturated heterocycles. The first-order chi connectivity index (χ1) is 7.79. The predicted molar refractivity (Wildman–Crippen MR) is 60.5 cm³/mol. The summed E-state index contributed by atoms with van der Waals surface area (Å²) in [6, 6.07) is 6.56. The Kier molecular flexibility index (Phi) is 1.91. The van der Waals surface area contributed by atoms with E-state index in [0.717, 1.165) is 22.1 Å². The van der Waals surface area contributed by atoms with E-state index in [1.165, 1.54) is 12.1 Å². The minimum Gasteiger partial charge on any atom is -0.325 e. The maximum Gasteiger partial charge on any atom is 0.144 e. The third-order valence-electron chi connectivity index (χ3n) is 2.74. The van der Waals surface area contributed by atoms with E-state index in [1.807, 2.05) is 16.7 Å². The fourth-order valence-corrected chi connectivity index (χ4v) is 1.94. The van der Waals surface area contributed by atoms with Crippen LogP contribution in [0.4, 0.5) is 4.39 Å². The van der Waals surface area contributed by atoms with Gasteiger partial charge in [0, 0.05) is 18.1 Å². The largest absolute Gasteiger partial charge is 0.325 e. The van der Waals surface area contributed by atoms with Crippen LogP contribution in [0.1, 0.15) is 5.69 Å². The molecule has 2 N–H and O–H groups in total. The monoisotopic (exact) mass is 215 g/mol. The lowest BCUT2D eigenvalue weighted by molar-refractivity contribution is 0.630. The van der Waals surface area contributed by atoms with Crippen molar-refractivity contribution in [2.24, 2.45) is 5.73 Å². The molecule has 80 valence electrons. The van der Waals surface area contributed by atoms with Crippen molar-refractivity contribution in [2.45, 2.75) is 6.54 Å². The molecule has 16 heavy (non-hydrogen) atoms. The Morgan fingerprint density at radius 2 is 2.19 bits per heavy atom. The summed E-state index contributed by atoms with van der Waals surface area (Å²) in [5, 5.41) is 1.78. The molecule has 0 spiro atoms. The minimum atomic E-state index is -0.234. The van der Waals surface area contributed by atoms with Crippen molar-refractivity contribution in [2.75, 3.05) is 0 Å². The van der Waals surface area contributed by atoms with Gasteiger partial charge in [-0.25, -0.2) is 9.37 Å². The van der Waals surface area contributed by atoms with Crippen LogP contribution in [0.2, 0.25) is 0 Å². The molecule has 2 heterocycles.